The van der Waals surface area contributed by atoms with Crippen LogP contribution in [0.3, 0.4) is 0 Å². The largest absolute Gasteiger partial charge is 0.492 e. The fraction of sp³-hybridized carbons (Fsp3) is 0.617. The van der Waals surface area contributed by atoms with Crippen LogP contribution in [0.5, 0.6) is 17.2 Å². The first-order valence-corrected chi connectivity index (χ1v) is 28.1. The Labute approximate surface area is 444 Å². The van der Waals surface area contributed by atoms with E-state index < -0.39 is 53.9 Å². The lowest BCUT2D eigenvalue weighted by Gasteiger charge is -2.67. The molecule has 3 saturated carbocycles. The first-order valence-electron chi connectivity index (χ1n) is 28.1. The number of ketones is 1. The Morgan fingerprint density at radius 1 is 1.05 bits per heavy atom. The maximum absolute atomic E-state index is 14.8. The van der Waals surface area contributed by atoms with Crippen molar-refractivity contribution in [2.45, 2.75) is 108 Å². The highest BCUT2D eigenvalue weighted by Crippen LogP contribution is 2.70. The third-order valence-corrected chi connectivity index (χ3v) is 19.4. The van der Waals surface area contributed by atoms with Gasteiger partial charge in [0.05, 0.1) is 43.1 Å². The zero-order chi connectivity index (χ0) is 53.1. The molecule has 3 aromatic rings. The number of carbonyl (C=O) groups is 3. The molecule has 1 aromatic heterocycles. The predicted octanol–water partition coefficient (Wildman–Crippen LogP) is 5.48. The number of nitrogens with one attached hydrogen (secondary N) is 2. The van der Waals surface area contributed by atoms with Crippen LogP contribution in [-0.2, 0) is 43.3 Å². The maximum Gasteiger partial charge on any atom is 0.375 e. The number of aliphatic hydroxyl groups excluding tert-OH is 4. The lowest BCUT2D eigenvalue weighted by molar-refractivity contribution is -0.262. The molecule has 5 heterocycles. The fourth-order valence-electron chi connectivity index (χ4n) is 16.3. The molecule has 0 unspecified atom stereocenters. The number of aromatic nitrogens is 1. The SMILES string of the molecule is CCOC(=O)C1=C(C=O)/C2=C3\C[C@H](CO)C(=O)[C@@H](C3)c3cc4cc[nH]c4cc3CC[C@H](CO)COc3c4c(c(CO)c(c32)O1)O[C@@]1(C=C[C@H](CCO)[C@H]2[C@@]3(CC[C@@H](CNC)C3)C[C@H]3CN(CCCOC)CC[C@@H]3[C@]21O)C4. The predicted molar refractivity (Wildman–Crippen MR) is 283 cm³/mol. The Kier molecular flexibility index (Phi) is 14.9. The van der Waals surface area contributed by atoms with E-state index in [0.29, 0.717) is 66.8 Å². The van der Waals surface area contributed by atoms with Crippen LogP contribution in [0.4, 0.5) is 0 Å². The number of nitrogens with zero attached hydrogens (tertiary/aromatic N) is 1. The first-order chi connectivity index (χ1) is 36.9. The van der Waals surface area contributed by atoms with E-state index in [4.69, 9.17) is 23.7 Å². The molecule has 11 atom stereocenters. The van der Waals surface area contributed by atoms with Gasteiger partial charge < -0.3 is 64.4 Å². The number of hydrogen-bond acceptors (Lipinski definition) is 15. The van der Waals surface area contributed by atoms with Gasteiger partial charge >= 0.3 is 5.97 Å². The summed E-state index contributed by atoms with van der Waals surface area (Å²) in [5.41, 5.74) is 1.22. The molecule has 4 fully saturated rings. The molecule has 76 heavy (non-hydrogen) atoms. The van der Waals surface area contributed by atoms with Gasteiger partial charge in [-0.25, -0.2) is 4.79 Å². The Balaban J connectivity index is 1.14. The second-order valence-electron chi connectivity index (χ2n) is 23.4. The number of likely N-dealkylation sites (tertiary alicyclic amines) is 1. The van der Waals surface area contributed by atoms with Crippen LogP contribution < -0.4 is 19.5 Å². The normalized spacial score (nSPS) is 33.8. The van der Waals surface area contributed by atoms with Crippen molar-refractivity contribution in [2.24, 2.45) is 46.8 Å². The number of rotatable bonds is 14. The number of H-pyrrole nitrogens is 1. The molecule has 4 aliphatic heterocycles. The molecule has 0 amide bonds. The van der Waals surface area contributed by atoms with Crippen LogP contribution in [0, 0.1) is 46.8 Å². The number of benzene rings is 2. The topological polar surface area (TPSA) is 230 Å². The monoisotopic (exact) mass is 1050 g/mol. The molecule has 4 aliphatic carbocycles. The zero-order valence-electron chi connectivity index (χ0n) is 44.4. The van der Waals surface area contributed by atoms with Gasteiger partial charge in [0.2, 0.25) is 5.76 Å². The van der Waals surface area contributed by atoms with Gasteiger partial charge in [0.25, 0.3) is 0 Å². The van der Waals surface area contributed by atoms with E-state index in [-0.39, 0.29) is 109 Å². The number of Topliss-reactive ketones (excluding diaryl/α,β-unsaturated/α-hetero) is 1. The molecule has 2 bridgehead atoms. The molecule has 2 aromatic carbocycles. The van der Waals surface area contributed by atoms with Gasteiger partial charge in [0, 0.05) is 93.0 Å². The summed E-state index contributed by atoms with van der Waals surface area (Å²) in [5.74, 6) is -3.10. The van der Waals surface area contributed by atoms with Crippen molar-refractivity contribution in [2.75, 3.05) is 80.0 Å². The van der Waals surface area contributed by atoms with E-state index >= 15 is 0 Å². The lowest BCUT2D eigenvalue weighted by atomic mass is 9.42. The van der Waals surface area contributed by atoms with E-state index in [0.717, 1.165) is 80.3 Å². The Morgan fingerprint density at radius 2 is 1.91 bits per heavy atom. The number of aliphatic hydroxyl groups is 5. The van der Waals surface area contributed by atoms with Gasteiger partial charge in [-0.3, -0.25) is 9.59 Å². The van der Waals surface area contributed by atoms with Crippen LogP contribution in [0.1, 0.15) is 105 Å². The summed E-state index contributed by atoms with van der Waals surface area (Å²) < 4.78 is 32.5. The molecular weight excluding hydrogens is 971 g/mol. The number of allylic oxidation sites excluding steroid dienone is 4. The van der Waals surface area contributed by atoms with Crippen LogP contribution in [0.25, 0.3) is 16.5 Å². The number of carbonyl (C=O) groups excluding carboxylic acids is 3. The van der Waals surface area contributed by atoms with Crippen molar-refractivity contribution in [1.82, 2.24) is 15.2 Å². The standard InChI is InChI=1S/C60H77N3O13/c1-4-73-57(70)55-45(31-67)49-39-20-40(30-66)51(69)43(22-39)42-21-38-10-15-62-48(38)23-37(42)7-6-35(29-65)33-74-53-44-26-59(76-52(44)46(32-68)54(75-55)50(49)53)14-9-36(12-18-64)56-58(13-8-34(24-58)27-61-2)25-41-28-63(16-5-19-72-3)17-11-47(41)60(56,59)71/h9-10,14-15,21,23,31,34-36,40-41,43,47,56,61-62,64-66,68,71H,4-8,11-13,16-20,22,24-30,32-33H2,1-3H3/b49-39-/t34-,35-,36-,40-,41+,43+,47+,56+,58-,59+,60+/m1/s1. The zero-order valence-corrected chi connectivity index (χ0v) is 44.4. The molecule has 0 radical (unpaired) electrons. The minimum Gasteiger partial charge on any atom is -0.492 e. The van der Waals surface area contributed by atoms with Gasteiger partial charge in [-0.15, -0.1) is 0 Å². The molecule has 16 nitrogen and oxygen atoms in total. The first kappa shape index (κ1) is 53.1. The van der Waals surface area contributed by atoms with Crippen LogP contribution in [0.15, 0.2) is 53.5 Å². The highest BCUT2D eigenvalue weighted by molar-refractivity contribution is 6.11. The summed E-state index contributed by atoms with van der Waals surface area (Å²) in [6.07, 6.45) is 13.7. The molecule has 410 valence electrons. The highest BCUT2D eigenvalue weighted by Gasteiger charge is 2.73. The minimum atomic E-state index is -1.50. The van der Waals surface area contributed by atoms with E-state index in [1.165, 1.54) is 0 Å². The molecule has 8 aliphatic rings. The second kappa shape index (κ2) is 21.4. The second-order valence-corrected chi connectivity index (χ2v) is 23.4. The number of methoxy groups -OCH3 is 1. The summed E-state index contributed by atoms with van der Waals surface area (Å²) >= 11 is 0. The van der Waals surface area contributed by atoms with Crippen molar-refractivity contribution in [3.05, 3.63) is 81.3 Å². The number of piperidine rings is 1. The van der Waals surface area contributed by atoms with Gasteiger partial charge in [-0.1, -0.05) is 11.6 Å². The summed E-state index contributed by atoms with van der Waals surface area (Å²) in [6.45, 7) is 4.25. The Bertz CT molecular complexity index is 2840. The summed E-state index contributed by atoms with van der Waals surface area (Å²) in [5, 5.41) is 64.0. The highest BCUT2D eigenvalue weighted by atomic mass is 16.6. The van der Waals surface area contributed by atoms with Crippen molar-refractivity contribution in [1.29, 1.82) is 0 Å². The van der Waals surface area contributed by atoms with Gasteiger partial charge in [0.15, 0.2) is 11.9 Å². The van der Waals surface area contributed by atoms with Gasteiger partial charge in [-0.2, -0.15) is 0 Å². The quantitative estimate of drug-likeness (QED) is 0.0459. The number of aryl methyl sites for hydroxylation is 1. The molecule has 1 saturated heterocycles. The average Bonchev–Trinajstić information content (AvgIpc) is 4.21. The number of esters is 1. The van der Waals surface area contributed by atoms with Crippen molar-refractivity contribution >= 4 is 34.5 Å². The molecular formula is C60H77N3O13. The molecule has 7 N–H and O–H groups in total. The number of aldehydes is 1. The van der Waals surface area contributed by atoms with Crippen LogP contribution >= 0.6 is 0 Å². The van der Waals surface area contributed by atoms with E-state index in [9.17, 15) is 39.9 Å². The molecule has 16 heteroatoms. The number of fused-ring (bicyclic) bond motifs is 12. The smallest absolute Gasteiger partial charge is 0.375 e. The third kappa shape index (κ3) is 8.59. The number of hydrogen-bond donors (Lipinski definition) is 7. The van der Waals surface area contributed by atoms with Crippen molar-refractivity contribution < 1.29 is 63.6 Å². The van der Waals surface area contributed by atoms with Gasteiger partial charge in [-0.05, 0) is 168 Å². The Morgan fingerprint density at radius 3 is 2.66 bits per heavy atom. The van der Waals surface area contributed by atoms with E-state index in [1.54, 1.807) is 14.0 Å². The maximum atomic E-state index is 14.8. The average molecular weight is 1050 g/mol. The van der Waals surface area contributed by atoms with Crippen LogP contribution in [-0.4, -0.2) is 145 Å². The summed E-state index contributed by atoms with van der Waals surface area (Å²) in [6, 6.07) is 6.02. The number of ether oxygens (including phenoxy) is 5. The van der Waals surface area contributed by atoms with E-state index in [1.807, 2.05) is 31.5 Å². The number of aromatic amines is 1. The van der Waals surface area contributed by atoms with E-state index in [2.05, 4.69) is 27.3 Å². The third-order valence-electron chi connectivity index (χ3n) is 19.4. The van der Waals surface area contributed by atoms with Gasteiger partial charge in [0.1, 0.15) is 28.6 Å². The summed E-state index contributed by atoms with van der Waals surface area (Å²) in [7, 11) is 3.72. The van der Waals surface area contributed by atoms with Crippen molar-refractivity contribution in [3.8, 4) is 17.2 Å². The molecule has 11 rings (SSSR count). The summed E-state index contributed by atoms with van der Waals surface area (Å²) in [4.78, 5) is 48.7. The van der Waals surface area contributed by atoms with Crippen molar-refractivity contribution in [3.63, 3.8) is 0 Å². The minimum absolute atomic E-state index is 0.0108. The molecule has 2 spiro atoms. The van der Waals surface area contributed by atoms with Crippen LogP contribution in [0.2, 0.25) is 0 Å². The Hall–Kier alpha value is -4.91. The lowest BCUT2D eigenvalue weighted by Crippen LogP contribution is -2.75. The fourth-order valence-corrected chi connectivity index (χ4v) is 16.3.